The van der Waals surface area contributed by atoms with E-state index >= 15 is 0 Å². The van der Waals surface area contributed by atoms with E-state index in [0.29, 0.717) is 24.0 Å². The highest BCUT2D eigenvalue weighted by Crippen LogP contribution is 2.65. The summed E-state index contributed by atoms with van der Waals surface area (Å²) in [4.78, 5) is 12.4. The molecule has 0 heterocycles. The topological polar surface area (TPSA) is 57.5 Å². The first-order chi connectivity index (χ1) is 8.12. The molecule has 0 bridgehead atoms. The molecule has 3 aliphatic rings. The quantitative estimate of drug-likeness (QED) is 0.686. The summed E-state index contributed by atoms with van der Waals surface area (Å²) in [6.07, 6.45) is 2.46. The molecular weight excluding hydrogens is 228 g/mol. The molecule has 0 aromatic rings. The standard InChI is InChI=1S/C15H20O3/c1-8-11-10(16)6-14(11,4)15(18)7-13(2,3)5-9(15)12(8)17/h5,10,16,18H,6-7H2,1-4H3. The maximum absolute atomic E-state index is 12.4. The molecule has 0 aromatic heterocycles. The van der Waals surface area contributed by atoms with Gasteiger partial charge in [-0.3, -0.25) is 4.79 Å². The van der Waals surface area contributed by atoms with E-state index < -0.39 is 17.1 Å². The van der Waals surface area contributed by atoms with Crippen LogP contribution in [0.15, 0.2) is 22.8 Å². The summed E-state index contributed by atoms with van der Waals surface area (Å²) in [7, 11) is 0. The highest BCUT2D eigenvalue weighted by Gasteiger charge is 2.67. The summed E-state index contributed by atoms with van der Waals surface area (Å²) >= 11 is 0. The lowest BCUT2D eigenvalue weighted by molar-refractivity contribution is -0.131. The van der Waals surface area contributed by atoms with Crippen LogP contribution in [0.4, 0.5) is 0 Å². The van der Waals surface area contributed by atoms with Crippen molar-refractivity contribution in [3.8, 4) is 0 Å². The van der Waals surface area contributed by atoms with Gasteiger partial charge in [0.2, 0.25) is 0 Å². The summed E-state index contributed by atoms with van der Waals surface area (Å²) in [5, 5.41) is 21.0. The molecule has 0 aliphatic heterocycles. The summed E-state index contributed by atoms with van der Waals surface area (Å²) in [6, 6.07) is 0. The molecule has 3 nitrogen and oxygen atoms in total. The Hall–Kier alpha value is -0.930. The van der Waals surface area contributed by atoms with E-state index in [1.165, 1.54) is 0 Å². The van der Waals surface area contributed by atoms with Crippen LogP contribution < -0.4 is 0 Å². The first-order valence-corrected chi connectivity index (χ1v) is 6.52. The van der Waals surface area contributed by atoms with Crippen molar-refractivity contribution < 1.29 is 15.0 Å². The molecule has 1 saturated carbocycles. The van der Waals surface area contributed by atoms with Gasteiger partial charge in [-0.15, -0.1) is 0 Å². The molecule has 0 spiro atoms. The minimum absolute atomic E-state index is 0.0886. The number of ketones is 1. The molecule has 3 rings (SSSR count). The minimum Gasteiger partial charge on any atom is -0.389 e. The number of rotatable bonds is 0. The molecule has 2 N–H and O–H groups in total. The molecule has 0 radical (unpaired) electrons. The normalized spacial score (nSPS) is 45.3. The van der Waals surface area contributed by atoms with E-state index in [2.05, 4.69) is 0 Å². The van der Waals surface area contributed by atoms with Gasteiger partial charge in [-0.2, -0.15) is 0 Å². The number of hydrogen-bond acceptors (Lipinski definition) is 3. The lowest BCUT2D eigenvalue weighted by Gasteiger charge is -2.58. The van der Waals surface area contributed by atoms with E-state index in [1.807, 2.05) is 26.8 Å². The number of Topliss-reactive ketones (excluding diaryl/α,β-unsaturated/α-hetero) is 1. The third-order valence-corrected chi connectivity index (χ3v) is 5.12. The maximum atomic E-state index is 12.4. The van der Waals surface area contributed by atoms with Crippen LogP contribution in [0, 0.1) is 10.8 Å². The number of carbonyl (C=O) groups excluding carboxylic acids is 1. The van der Waals surface area contributed by atoms with Crippen molar-refractivity contribution in [3.05, 3.63) is 22.8 Å². The number of allylic oxidation sites excluding steroid dienone is 2. The maximum Gasteiger partial charge on any atom is 0.187 e. The lowest BCUT2D eigenvalue weighted by Crippen LogP contribution is -2.62. The Kier molecular flexibility index (Phi) is 2.00. The largest absolute Gasteiger partial charge is 0.389 e. The molecule has 3 aliphatic carbocycles. The molecular formula is C15H20O3. The zero-order valence-corrected chi connectivity index (χ0v) is 11.4. The Balaban J connectivity index is 2.24. The second-order valence-electron chi connectivity index (χ2n) is 7.00. The van der Waals surface area contributed by atoms with E-state index in [1.54, 1.807) is 6.92 Å². The predicted molar refractivity (Wildman–Crippen MR) is 67.9 cm³/mol. The Morgan fingerprint density at radius 3 is 2.50 bits per heavy atom. The Bertz CT molecular complexity index is 526. The van der Waals surface area contributed by atoms with Crippen molar-refractivity contribution in [2.75, 3.05) is 0 Å². The summed E-state index contributed by atoms with van der Waals surface area (Å²) in [5.41, 5.74) is 0.197. The first kappa shape index (κ1) is 12.1. The van der Waals surface area contributed by atoms with Crippen LogP contribution in [-0.2, 0) is 4.79 Å². The van der Waals surface area contributed by atoms with Crippen molar-refractivity contribution >= 4 is 5.78 Å². The molecule has 0 amide bonds. The molecule has 18 heavy (non-hydrogen) atoms. The Morgan fingerprint density at radius 2 is 1.94 bits per heavy atom. The molecule has 0 aromatic carbocycles. The van der Waals surface area contributed by atoms with Gasteiger partial charge in [0.1, 0.15) is 5.60 Å². The minimum atomic E-state index is -1.10. The highest BCUT2D eigenvalue weighted by atomic mass is 16.3. The van der Waals surface area contributed by atoms with Crippen LogP contribution in [0.5, 0.6) is 0 Å². The highest BCUT2D eigenvalue weighted by molar-refractivity contribution is 6.12. The van der Waals surface area contributed by atoms with Crippen molar-refractivity contribution in [1.82, 2.24) is 0 Å². The van der Waals surface area contributed by atoms with Gasteiger partial charge in [0, 0.05) is 11.0 Å². The average molecular weight is 248 g/mol. The van der Waals surface area contributed by atoms with E-state index in [4.69, 9.17) is 0 Å². The average Bonchev–Trinajstić information content (AvgIpc) is 2.47. The molecule has 0 saturated heterocycles. The van der Waals surface area contributed by atoms with Gasteiger partial charge >= 0.3 is 0 Å². The van der Waals surface area contributed by atoms with Gasteiger partial charge in [0.25, 0.3) is 0 Å². The van der Waals surface area contributed by atoms with Crippen molar-refractivity contribution in [2.45, 2.75) is 52.2 Å². The molecule has 3 atom stereocenters. The third kappa shape index (κ3) is 1.10. The van der Waals surface area contributed by atoms with Crippen LogP contribution in [0.3, 0.4) is 0 Å². The fraction of sp³-hybridized carbons (Fsp3) is 0.667. The third-order valence-electron chi connectivity index (χ3n) is 5.12. The zero-order valence-electron chi connectivity index (χ0n) is 11.4. The van der Waals surface area contributed by atoms with E-state index in [-0.39, 0.29) is 11.2 Å². The van der Waals surface area contributed by atoms with Crippen LogP contribution in [0.25, 0.3) is 0 Å². The van der Waals surface area contributed by atoms with Gasteiger partial charge in [0.15, 0.2) is 5.78 Å². The van der Waals surface area contributed by atoms with Crippen molar-refractivity contribution in [2.24, 2.45) is 10.8 Å². The summed E-state index contributed by atoms with van der Waals surface area (Å²) < 4.78 is 0. The molecule has 1 fully saturated rings. The number of aliphatic hydroxyl groups is 2. The predicted octanol–water partition coefficient (Wildman–Crippen LogP) is 1.74. The van der Waals surface area contributed by atoms with Crippen LogP contribution in [-0.4, -0.2) is 27.7 Å². The van der Waals surface area contributed by atoms with Gasteiger partial charge < -0.3 is 10.2 Å². The van der Waals surface area contributed by atoms with Gasteiger partial charge in [0.05, 0.1) is 6.10 Å². The fourth-order valence-corrected chi connectivity index (χ4v) is 4.28. The monoisotopic (exact) mass is 248 g/mol. The summed E-state index contributed by atoms with van der Waals surface area (Å²) in [5.74, 6) is -0.0886. The van der Waals surface area contributed by atoms with E-state index in [9.17, 15) is 15.0 Å². The molecule has 3 unspecified atom stereocenters. The Morgan fingerprint density at radius 1 is 1.33 bits per heavy atom. The Labute approximate surface area is 107 Å². The van der Waals surface area contributed by atoms with E-state index in [0.717, 1.165) is 5.57 Å². The number of aliphatic hydroxyl groups excluding tert-OH is 1. The van der Waals surface area contributed by atoms with Gasteiger partial charge in [-0.05, 0) is 36.3 Å². The number of hydrogen-bond donors (Lipinski definition) is 2. The molecule has 3 heteroatoms. The zero-order chi connectivity index (χ0) is 13.5. The second-order valence-corrected chi connectivity index (χ2v) is 7.00. The van der Waals surface area contributed by atoms with Gasteiger partial charge in [-0.25, -0.2) is 0 Å². The lowest BCUT2D eigenvalue weighted by atomic mass is 9.48. The summed E-state index contributed by atoms with van der Waals surface area (Å²) in [6.45, 7) is 7.82. The SMILES string of the molecule is CC1=C2C(O)CC2(C)C2(O)CC(C)(C)C=C2C1=O. The van der Waals surface area contributed by atoms with Crippen LogP contribution >= 0.6 is 0 Å². The smallest absolute Gasteiger partial charge is 0.187 e. The van der Waals surface area contributed by atoms with Crippen LogP contribution in [0.1, 0.15) is 40.5 Å². The number of fused-ring (bicyclic) bond motifs is 3. The molecule has 98 valence electrons. The van der Waals surface area contributed by atoms with Gasteiger partial charge in [-0.1, -0.05) is 26.8 Å². The first-order valence-electron chi connectivity index (χ1n) is 6.52. The van der Waals surface area contributed by atoms with Crippen molar-refractivity contribution in [1.29, 1.82) is 0 Å². The fourth-order valence-electron chi connectivity index (χ4n) is 4.28. The van der Waals surface area contributed by atoms with Crippen molar-refractivity contribution in [3.63, 3.8) is 0 Å². The second kappa shape index (κ2) is 2.97. The van der Waals surface area contributed by atoms with Crippen LogP contribution in [0.2, 0.25) is 0 Å². The number of carbonyl (C=O) groups is 1.